The largest absolute Gasteiger partial charge is 0.374 e. The van der Waals surface area contributed by atoms with Gasteiger partial charge in [0.2, 0.25) is 0 Å². The molecule has 0 saturated carbocycles. The molecule has 1 heterocycles. The molecule has 1 aliphatic rings. The van der Waals surface area contributed by atoms with Gasteiger partial charge in [0.15, 0.2) is 0 Å². The Kier molecular flexibility index (Phi) is 3.88. The molecule has 0 saturated heterocycles. The van der Waals surface area contributed by atoms with E-state index in [0.29, 0.717) is 0 Å². The molecule has 0 aromatic carbocycles. The standard InChI is InChI=1S/C11H22N4/c1-5-15(4)10-6-7-11(2,12)14-9(10)8-13-3/h6,13H,5,7-8,12H2,1-4H3/t11-/m0/s1. The Morgan fingerprint density at radius 3 is 2.87 bits per heavy atom. The van der Waals surface area contributed by atoms with Crippen molar-refractivity contribution in [3.8, 4) is 0 Å². The average molecular weight is 210 g/mol. The molecular weight excluding hydrogens is 188 g/mol. The van der Waals surface area contributed by atoms with Crippen LogP contribution in [0.1, 0.15) is 20.3 Å². The van der Waals surface area contributed by atoms with E-state index in [0.717, 1.165) is 25.2 Å². The molecule has 0 aromatic heterocycles. The topological polar surface area (TPSA) is 53.6 Å². The van der Waals surface area contributed by atoms with E-state index in [4.69, 9.17) is 5.73 Å². The molecule has 0 unspecified atom stereocenters. The molecule has 0 bridgehead atoms. The highest BCUT2D eigenvalue weighted by atomic mass is 15.1. The Morgan fingerprint density at radius 2 is 2.33 bits per heavy atom. The van der Waals surface area contributed by atoms with Gasteiger partial charge in [0.05, 0.1) is 11.4 Å². The lowest BCUT2D eigenvalue weighted by Gasteiger charge is -2.31. The van der Waals surface area contributed by atoms with Crippen molar-refractivity contribution >= 4 is 5.71 Å². The van der Waals surface area contributed by atoms with Gasteiger partial charge in [0, 0.05) is 26.6 Å². The van der Waals surface area contributed by atoms with E-state index in [1.54, 1.807) is 0 Å². The molecule has 86 valence electrons. The zero-order chi connectivity index (χ0) is 11.5. The van der Waals surface area contributed by atoms with Gasteiger partial charge >= 0.3 is 0 Å². The maximum atomic E-state index is 6.02. The third kappa shape index (κ3) is 3.04. The SMILES string of the molecule is CCN(C)C1=CC[C@@](C)(N)N=C1CNC. The molecule has 0 amide bonds. The van der Waals surface area contributed by atoms with Crippen molar-refractivity contribution in [1.29, 1.82) is 0 Å². The zero-order valence-electron chi connectivity index (χ0n) is 10.2. The minimum absolute atomic E-state index is 0.440. The fourth-order valence-electron chi connectivity index (χ4n) is 1.68. The first-order valence-corrected chi connectivity index (χ1v) is 5.44. The highest BCUT2D eigenvalue weighted by Gasteiger charge is 2.24. The van der Waals surface area contributed by atoms with E-state index >= 15 is 0 Å². The third-order valence-corrected chi connectivity index (χ3v) is 2.62. The summed E-state index contributed by atoms with van der Waals surface area (Å²) >= 11 is 0. The first-order valence-electron chi connectivity index (χ1n) is 5.44. The number of hydrogen-bond acceptors (Lipinski definition) is 4. The Morgan fingerprint density at radius 1 is 1.67 bits per heavy atom. The highest BCUT2D eigenvalue weighted by molar-refractivity contribution is 6.02. The lowest BCUT2D eigenvalue weighted by atomic mass is 10.0. The molecule has 0 spiro atoms. The van der Waals surface area contributed by atoms with Crippen LogP contribution in [0.3, 0.4) is 0 Å². The minimum Gasteiger partial charge on any atom is -0.374 e. The fraction of sp³-hybridized carbons (Fsp3) is 0.727. The van der Waals surface area contributed by atoms with Crippen molar-refractivity contribution in [2.45, 2.75) is 25.9 Å². The van der Waals surface area contributed by atoms with Crippen LogP contribution >= 0.6 is 0 Å². The summed E-state index contributed by atoms with van der Waals surface area (Å²) < 4.78 is 0. The zero-order valence-corrected chi connectivity index (χ0v) is 10.2. The number of rotatable bonds is 4. The second-order valence-corrected chi connectivity index (χ2v) is 4.25. The van der Waals surface area contributed by atoms with Crippen molar-refractivity contribution in [1.82, 2.24) is 10.2 Å². The number of nitrogens with zero attached hydrogens (tertiary/aromatic N) is 2. The molecule has 15 heavy (non-hydrogen) atoms. The predicted molar refractivity (Wildman–Crippen MR) is 65.0 cm³/mol. The van der Waals surface area contributed by atoms with Crippen LogP contribution < -0.4 is 11.1 Å². The van der Waals surface area contributed by atoms with Crippen molar-refractivity contribution in [3.05, 3.63) is 11.8 Å². The van der Waals surface area contributed by atoms with Crippen LogP contribution in [0.5, 0.6) is 0 Å². The Balaban J connectivity index is 2.89. The van der Waals surface area contributed by atoms with E-state index in [9.17, 15) is 0 Å². The van der Waals surface area contributed by atoms with E-state index in [-0.39, 0.29) is 0 Å². The van der Waals surface area contributed by atoms with Gasteiger partial charge in [-0.15, -0.1) is 0 Å². The maximum Gasteiger partial charge on any atom is 0.109 e. The van der Waals surface area contributed by atoms with Gasteiger partial charge in [0.1, 0.15) is 5.66 Å². The van der Waals surface area contributed by atoms with Crippen molar-refractivity contribution in [2.24, 2.45) is 10.7 Å². The van der Waals surface area contributed by atoms with Gasteiger partial charge < -0.3 is 16.0 Å². The molecule has 0 radical (unpaired) electrons. The van der Waals surface area contributed by atoms with Crippen molar-refractivity contribution in [3.63, 3.8) is 0 Å². The summed E-state index contributed by atoms with van der Waals surface area (Å²) in [5, 5.41) is 3.13. The van der Waals surface area contributed by atoms with Crippen LogP contribution in [0, 0.1) is 0 Å². The summed E-state index contributed by atoms with van der Waals surface area (Å²) in [5.41, 5.74) is 7.84. The molecule has 0 fully saturated rings. The quantitative estimate of drug-likeness (QED) is 0.713. The lowest BCUT2D eigenvalue weighted by molar-refractivity contribution is 0.432. The average Bonchev–Trinajstić information content (AvgIpc) is 2.16. The van der Waals surface area contributed by atoms with Gasteiger partial charge in [-0.2, -0.15) is 0 Å². The predicted octanol–water partition coefficient (Wildman–Crippen LogP) is 0.561. The Hall–Kier alpha value is -0.870. The van der Waals surface area contributed by atoms with Gasteiger partial charge in [-0.25, -0.2) is 0 Å². The van der Waals surface area contributed by atoms with Crippen LogP contribution in [0.2, 0.25) is 0 Å². The summed E-state index contributed by atoms with van der Waals surface area (Å²) in [6, 6.07) is 0. The number of nitrogens with one attached hydrogen (secondary N) is 1. The first-order chi connectivity index (χ1) is 7.00. The molecule has 1 rings (SSSR count). The second-order valence-electron chi connectivity index (χ2n) is 4.25. The van der Waals surface area contributed by atoms with Crippen molar-refractivity contribution in [2.75, 3.05) is 27.2 Å². The van der Waals surface area contributed by atoms with Gasteiger partial charge in [0.25, 0.3) is 0 Å². The fourth-order valence-corrected chi connectivity index (χ4v) is 1.68. The van der Waals surface area contributed by atoms with Gasteiger partial charge in [-0.3, -0.25) is 4.99 Å². The molecule has 0 aliphatic carbocycles. The van der Waals surface area contributed by atoms with Crippen molar-refractivity contribution < 1.29 is 0 Å². The van der Waals surface area contributed by atoms with E-state index in [1.807, 2.05) is 14.0 Å². The summed E-state index contributed by atoms with van der Waals surface area (Å²) in [6.45, 7) is 5.84. The number of nitrogens with two attached hydrogens (primary N) is 1. The third-order valence-electron chi connectivity index (χ3n) is 2.62. The van der Waals surface area contributed by atoms with Gasteiger partial charge in [-0.1, -0.05) is 6.08 Å². The van der Waals surface area contributed by atoms with E-state index in [2.05, 4.69) is 35.3 Å². The molecule has 0 aromatic rings. The first kappa shape index (κ1) is 12.2. The monoisotopic (exact) mass is 210 g/mol. The Labute approximate surface area is 92.2 Å². The molecule has 4 nitrogen and oxygen atoms in total. The minimum atomic E-state index is -0.440. The molecule has 1 atom stereocenters. The van der Waals surface area contributed by atoms with Crippen LogP contribution in [0.4, 0.5) is 0 Å². The lowest BCUT2D eigenvalue weighted by Crippen LogP contribution is -2.41. The molecule has 4 heteroatoms. The van der Waals surface area contributed by atoms with E-state index < -0.39 is 5.66 Å². The van der Waals surface area contributed by atoms with Crippen LogP contribution in [0.25, 0.3) is 0 Å². The molecule has 3 N–H and O–H groups in total. The van der Waals surface area contributed by atoms with Crippen LogP contribution in [-0.2, 0) is 0 Å². The van der Waals surface area contributed by atoms with Crippen LogP contribution in [0.15, 0.2) is 16.8 Å². The van der Waals surface area contributed by atoms with E-state index in [1.165, 1.54) is 5.70 Å². The smallest absolute Gasteiger partial charge is 0.109 e. The normalized spacial score (nSPS) is 25.9. The second kappa shape index (κ2) is 4.77. The number of hydrogen-bond donors (Lipinski definition) is 2. The number of dihydropyridines is 1. The molecular formula is C11H22N4. The Bertz CT molecular complexity index is 278. The summed E-state index contributed by atoms with van der Waals surface area (Å²) in [7, 11) is 4.00. The number of aliphatic imine (C=N–C) groups is 1. The summed E-state index contributed by atoms with van der Waals surface area (Å²) in [5.74, 6) is 0. The van der Waals surface area contributed by atoms with Gasteiger partial charge in [-0.05, 0) is 20.9 Å². The highest BCUT2D eigenvalue weighted by Crippen LogP contribution is 2.20. The molecule has 1 aliphatic heterocycles. The maximum absolute atomic E-state index is 6.02. The summed E-state index contributed by atoms with van der Waals surface area (Å²) in [4.78, 5) is 6.78. The summed E-state index contributed by atoms with van der Waals surface area (Å²) in [6.07, 6.45) is 2.99. The van der Waals surface area contributed by atoms with Crippen LogP contribution in [-0.4, -0.2) is 43.5 Å².